The lowest BCUT2D eigenvalue weighted by Crippen LogP contribution is -2.32. The van der Waals surface area contributed by atoms with Crippen molar-refractivity contribution in [3.05, 3.63) is 87.8 Å². The van der Waals surface area contributed by atoms with Crippen molar-refractivity contribution in [1.29, 1.82) is 5.41 Å². The molecule has 0 saturated heterocycles. The fourth-order valence-corrected chi connectivity index (χ4v) is 2.99. The molecule has 0 spiro atoms. The topological polar surface area (TPSA) is 106 Å². The molecule has 1 amide bonds. The molecule has 4 rings (SSSR count). The van der Waals surface area contributed by atoms with Crippen LogP contribution >= 0.6 is 0 Å². The van der Waals surface area contributed by atoms with Crippen LogP contribution in [0.5, 0.6) is 0 Å². The molecular formula is C19H15N5O2. The van der Waals surface area contributed by atoms with Crippen LogP contribution in [0.15, 0.2) is 65.6 Å². The maximum atomic E-state index is 12.9. The molecule has 0 aliphatic heterocycles. The molecule has 7 heteroatoms. The maximum absolute atomic E-state index is 12.9. The van der Waals surface area contributed by atoms with Crippen molar-refractivity contribution < 1.29 is 4.79 Å². The number of aromatic nitrogens is 3. The van der Waals surface area contributed by atoms with Crippen LogP contribution in [-0.2, 0) is 6.54 Å². The van der Waals surface area contributed by atoms with Gasteiger partial charge in [-0.05, 0) is 23.8 Å². The third kappa shape index (κ3) is 2.46. The van der Waals surface area contributed by atoms with E-state index in [4.69, 9.17) is 11.1 Å². The lowest BCUT2D eigenvalue weighted by Gasteiger charge is -2.13. The molecule has 0 aliphatic rings. The lowest BCUT2D eigenvalue weighted by molar-refractivity contribution is 0.0998. The Morgan fingerprint density at radius 2 is 1.85 bits per heavy atom. The highest BCUT2D eigenvalue weighted by molar-refractivity contribution is 5.95. The maximum Gasteiger partial charge on any atom is 0.267 e. The number of hydrogen-bond donors (Lipinski definition) is 2. The van der Waals surface area contributed by atoms with Crippen molar-refractivity contribution in [1.82, 2.24) is 14.0 Å². The van der Waals surface area contributed by atoms with Gasteiger partial charge in [-0.3, -0.25) is 19.4 Å². The van der Waals surface area contributed by atoms with Gasteiger partial charge in [0.15, 0.2) is 0 Å². The van der Waals surface area contributed by atoms with E-state index in [0.717, 1.165) is 5.56 Å². The van der Waals surface area contributed by atoms with Crippen LogP contribution in [-0.4, -0.2) is 19.9 Å². The Balaban J connectivity index is 2.13. The molecule has 0 unspecified atom stereocenters. The van der Waals surface area contributed by atoms with Crippen molar-refractivity contribution in [3.63, 3.8) is 0 Å². The Kier molecular flexibility index (Phi) is 3.62. The minimum atomic E-state index is -0.753. The molecule has 26 heavy (non-hydrogen) atoms. The second-order valence-corrected chi connectivity index (χ2v) is 5.93. The monoisotopic (exact) mass is 345 g/mol. The first-order valence-corrected chi connectivity index (χ1v) is 7.99. The van der Waals surface area contributed by atoms with Crippen LogP contribution in [0.4, 0.5) is 0 Å². The number of primary amides is 1. The van der Waals surface area contributed by atoms with Crippen LogP contribution < -0.4 is 16.8 Å². The lowest BCUT2D eigenvalue weighted by atomic mass is 10.1. The van der Waals surface area contributed by atoms with Gasteiger partial charge in [-0.2, -0.15) is 0 Å². The van der Waals surface area contributed by atoms with Gasteiger partial charge in [-0.25, -0.2) is 4.98 Å². The minimum absolute atomic E-state index is 0.0109. The zero-order valence-electron chi connectivity index (χ0n) is 13.7. The number of fused-ring (bicyclic) bond motifs is 2. The molecule has 7 nitrogen and oxygen atoms in total. The van der Waals surface area contributed by atoms with Crippen LogP contribution in [0.3, 0.4) is 0 Å². The fraction of sp³-hybridized carbons (Fsp3) is 0.0526. The van der Waals surface area contributed by atoms with Gasteiger partial charge >= 0.3 is 0 Å². The summed E-state index contributed by atoms with van der Waals surface area (Å²) in [6, 6.07) is 16.1. The molecule has 0 atom stereocenters. The number of nitrogens with two attached hydrogens (primary N) is 1. The van der Waals surface area contributed by atoms with Crippen molar-refractivity contribution in [2.75, 3.05) is 0 Å². The molecule has 3 heterocycles. The van der Waals surface area contributed by atoms with E-state index in [1.165, 1.54) is 10.5 Å². The van der Waals surface area contributed by atoms with Crippen molar-refractivity contribution in [2.24, 2.45) is 5.73 Å². The highest BCUT2D eigenvalue weighted by Gasteiger charge is 2.16. The van der Waals surface area contributed by atoms with Gasteiger partial charge in [0.1, 0.15) is 16.8 Å². The molecule has 3 N–H and O–H groups in total. The number of rotatable bonds is 3. The van der Waals surface area contributed by atoms with E-state index < -0.39 is 5.91 Å². The molecule has 4 aromatic rings. The summed E-state index contributed by atoms with van der Waals surface area (Å²) < 4.78 is 2.95. The van der Waals surface area contributed by atoms with Gasteiger partial charge in [-0.15, -0.1) is 0 Å². The highest BCUT2D eigenvalue weighted by atomic mass is 16.1. The fourth-order valence-electron chi connectivity index (χ4n) is 2.99. The average molecular weight is 345 g/mol. The first-order chi connectivity index (χ1) is 12.6. The predicted octanol–water partition coefficient (Wildman–Crippen LogP) is 1.28. The van der Waals surface area contributed by atoms with E-state index in [-0.39, 0.29) is 22.0 Å². The smallest absolute Gasteiger partial charge is 0.267 e. The zero-order valence-corrected chi connectivity index (χ0v) is 13.7. The summed E-state index contributed by atoms with van der Waals surface area (Å²) >= 11 is 0. The summed E-state index contributed by atoms with van der Waals surface area (Å²) in [5.41, 5.74) is 6.78. The number of carbonyl (C=O) groups excluding carboxylic acids is 1. The second-order valence-electron chi connectivity index (χ2n) is 5.93. The van der Waals surface area contributed by atoms with Gasteiger partial charge < -0.3 is 10.3 Å². The quantitative estimate of drug-likeness (QED) is 0.546. The van der Waals surface area contributed by atoms with Crippen molar-refractivity contribution in [3.8, 4) is 0 Å². The van der Waals surface area contributed by atoms with Crippen molar-refractivity contribution >= 4 is 22.6 Å². The summed E-state index contributed by atoms with van der Waals surface area (Å²) in [6.45, 7) is 0.298. The molecule has 128 valence electrons. The van der Waals surface area contributed by atoms with Crippen LogP contribution in [0.25, 0.3) is 16.7 Å². The average Bonchev–Trinajstić information content (AvgIpc) is 2.65. The van der Waals surface area contributed by atoms with E-state index in [9.17, 15) is 9.59 Å². The Labute approximate surface area is 147 Å². The van der Waals surface area contributed by atoms with Gasteiger partial charge in [0, 0.05) is 6.20 Å². The third-order valence-electron chi connectivity index (χ3n) is 4.27. The first kappa shape index (κ1) is 15.8. The summed E-state index contributed by atoms with van der Waals surface area (Å²) in [5, 5.41) is 8.65. The normalized spacial score (nSPS) is 11.1. The summed E-state index contributed by atoms with van der Waals surface area (Å²) in [4.78, 5) is 29.2. The zero-order chi connectivity index (χ0) is 18.3. The largest absolute Gasteiger partial charge is 0.365 e. The molecule has 0 aliphatic carbocycles. The number of nitrogens with zero attached hydrogens (tertiary/aromatic N) is 3. The van der Waals surface area contributed by atoms with E-state index in [0.29, 0.717) is 17.8 Å². The summed E-state index contributed by atoms with van der Waals surface area (Å²) in [6.07, 6.45) is 1.62. The van der Waals surface area contributed by atoms with Crippen LogP contribution in [0, 0.1) is 5.41 Å². The predicted molar refractivity (Wildman–Crippen MR) is 96.9 cm³/mol. The van der Waals surface area contributed by atoms with Crippen molar-refractivity contribution in [2.45, 2.75) is 6.54 Å². The number of benzene rings is 1. The number of pyridine rings is 2. The van der Waals surface area contributed by atoms with Gasteiger partial charge in [0.05, 0.1) is 17.5 Å². The SMILES string of the molecule is N=c1c(C(N)=O)cc2c(=O)n3ccccc3nc2n1Cc1ccccc1. The molecular weight excluding hydrogens is 330 g/mol. The van der Waals surface area contributed by atoms with E-state index >= 15 is 0 Å². The van der Waals surface area contributed by atoms with Gasteiger partial charge in [-0.1, -0.05) is 36.4 Å². The van der Waals surface area contributed by atoms with Crippen LogP contribution in [0.1, 0.15) is 15.9 Å². The Morgan fingerprint density at radius 3 is 2.58 bits per heavy atom. The van der Waals surface area contributed by atoms with E-state index in [2.05, 4.69) is 4.98 Å². The highest BCUT2D eigenvalue weighted by Crippen LogP contribution is 2.12. The Morgan fingerprint density at radius 1 is 1.12 bits per heavy atom. The minimum Gasteiger partial charge on any atom is -0.365 e. The molecule has 0 fully saturated rings. The molecule has 0 bridgehead atoms. The number of amides is 1. The second kappa shape index (κ2) is 5.96. The number of carbonyl (C=O) groups is 1. The first-order valence-electron chi connectivity index (χ1n) is 7.99. The molecule has 0 saturated carbocycles. The molecule has 1 aromatic carbocycles. The third-order valence-corrected chi connectivity index (χ3v) is 4.27. The van der Waals surface area contributed by atoms with E-state index in [1.54, 1.807) is 29.0 Å². The molecule has 0 radical (unpaired) electrons. The van der Waals surface area contributed by atoms with Gasteiger partial charge in [0.25, 0.3) is 11.5 Å². The number of hydrogen-bond acceptors (Lipinski definition) is 4. The molecule has 3 aromatic heterocycles. The standard InChI is InChI=1S/C19H15N5O2/c20-16-13(17(21)25)10-14-18(24(16)11-12-6-2-1-3-7-12)22-15-8-4-5-9-23(15)19(14)26/h1-10,20H,11H2,(H2,21,25). The van der Waals surface area contributed by atoms with Gasteiger partial charge in [0.2, 0.25) is 0 Å². The van der Waals surface area contributed by atoms with E-state index in [1.807, 2.05) is 30.3 Å². The Hall–Kier alpha value is -3.74. The Bertz CT molecular complexity index is 1270. The summed E-state index contributed by atoms with van der Waals surface area (Å²) in [7, 11) is 0. The number of nitrogens with one attached hydrogen (secondary N) is 1. The van der Waals surface area contributed by atoms with Crippen LogP contribution in [0.2, 0.25) is 0 Å². The summed E-state index contributed by atoms with van der Waals surface area (Å²) in [5.74, 6) is -0.753.